The Labute approximate surface area is 303 Å². The minimum atomic E-state index is -0.949. The Morgan fingerprint density at radius 2 is 1.04 bits per heavy atom. The lowest BCUT2D eigenvalue weighted by Crippen LogP contribution is -2.43. The molecule has 0 aliphatic carbocycles. The van der Waals surface area contributed by atoms with Gasteiger partial charge in [-0.25, -0.2) is 19.2 Å². The highest BCUT2D eigenvalue weighted by Gasteiger charge is 2.19. The van der Waals surface area contributed by atoms with Gasteiger partial charge in [-0.3, -0.25) is 0 Å². The molecule has 2 fully saturated rings. The molecule has 4 aromatic rings. The molecular weight excluding hydrogens is 664 g/mol. The van der Waals surface area contributed by atoms with Crippen LogP contribution >= 0.6 is 0 Å². The van der Waals surface area contributed by atoms with Crippen molar-refractivity contribution in [2.24, 2.45) is 0 Å². The van der Waals surface area contributed by atoms with Gasteiger partial charge in [0, 0.05) is 37.6 Å². The van der Waals surface area contributed by atoms with Gasteiger partial charge in [-0.15, -0.1) is 0 Å². The summed E-state index contributed by atoms with van der Waals surface area (Å²) in [6.07, 6.45) is 0. The Morgan fingerprint density at radius 3 is 1.42 bits per heavy atom. The molecule has 12 heteroatoms. The first-order valence-electron chi connectivity index (χ1n) is 17.2. The Hall–Kier alpha value is -5.72. The average molecular weight is 709 g/mol. The van der Waals surface area contributed by atoms with Crippen LogP contribution in [0, 0.1) is 13.8 Å². The zero-order valence-corrected chi connectivity index (χ0v) is 29.6. The van der Waals surface area contributed by atoms with Gasteiger partial charge in [0.05, 0.1) is 44.2 Å². The fraction of sp³-hybridized carbons (Fsp3) is 0.300. The third-order valence-electron chi connectivity index (χ3n) is 8.72. The highest BCUT2D eigenvalue weighted by Crippen LogP contribution is 2.29. The topological polar surface area (TPSA) is 147 Å². The largest absolute Gasteiger partial charge is 0.478 e. The van der Waals surface area contributed by atoms with E-state index >= 15 is 0 Å². The van der Waals surface area contributed by atoms with Crippen LogP contribution in [0.4, 0.5) is 21.0 Å². The fourth-order valence-corrected chi connectivity index (χ4v) is 5.75. The van der Waals surface area contributed by atoms with Crippen molar-refractivity contribution in [3.8, 4) is 22.3 Å². The van der Waals surface area contributed by atoms with E-state index < -0.39 is 5.97 Å². The summed E-state index contributed by atoms with van der Waals surface area (Å²) in [5.41, 5.74) is 8.19. The highest BCUT2D eigenvalue weighted by atomic mass is 16.5. The molecule has 2 aliphatic rings. The Balaban J connectivity index is 0.000000202. The van der Waals surface area contributed by atoms with Crippen LogP contribution in [0.15, 0.2) is 84.9 Å². The van der Waals surface area contributed by atoms with E-state index in [1.807, 2.05) is 62.4 Å². The molecule has 0 unspecified atom stereocenters. The van der Waals surface area contributed by atoms with Gasteiger partial charge in [0.1, 0.15) is 0 Å². The quantitative estimate of drug-likeness (QED) is 0.175. The van der Waals surface area contributed by atoms with Gasteiger partial charge in [0.15, 0.2) is 0 Å². The van der Waals surface area contributed by atoms with Crippen LogP contribution in [0.25, 0.3) is 22.3 Å². The molecule has 4 aromatic carbocycles. The summed E-state index contributed by atoms with van der Waals surface area (Å²) in [4.78, 5) is 51.0. The van der Waals surface area contributed by atoms with Crippen molar-refractivity contribution in [2.45, 2.75) is 20.8 Å². The van der Waals surface area contributed by atoms with Crippen molar-refractivity contribution in [3.05, 3.63) is 107 Å². The van der Waals surface area contributed by atoms with Crippen LogP contribution in [0.2, 0.25) is 0 Å². The van der Waals surface area contributed by atoms with E-state index in [1.54, 1.807) is 53.1 Å². The number of ether oxygens (including phenoxy) is 3. The van der Waals surface area contributed by atoms with E-state index in [9.17, 15) is 19.2 Å². The van der Waals surface area contributed by atoms with E-state index in [0.29, 0.717) is 70.5 Å². The van der Waals surface area contributed by atoms with Gasteiger partial charge >= 0.3 is 24.0 Å². The van der Waals surface area contributed by atoms with E-state index in [-0.39, 0.29) is 23.6 Å². The number of esters is 1. The maximum absolute atomic E-state index is 12.4. The SMILES string of the molecule is CCOC(=O)c1ccc(-c2cc(NC(=O)N3CCOCC3)ccc2C)cc1.Cc1ccc(NC(=O)N2CCOCC2)cc1-c1ccc(C(=O)O)cc1. The lowest BCUT2D eigenvalue weighted by molar-refractivity contribution is 0.0525. The number of anilines is 2. The molecule has 0 atom stereocenters. The number of carboxylic acids is 1. The van der Waals surface area contributed by atoms with E-state index in [1.165, 1.54) is 0 Å². The zero-order valence-electron chi connectivity index (χ0n) is 29.6. The summed E-state index contributed by atoms with van der Waals surface area (Å²) in [7, 11) is 0. The van der Waals surface area contributed by atoms with Crippen LogP contribution in [0.1, 0.15) is 38.8 Å². The van der Waals surface area contributed by atoms with Crippen molar-refractivity contribution in [1.29, 1.82) is 0 Å². The minimum absolute atomic E-state index is 0.120. The molecule has 0 bridgehead atoms. The summed E-state index contributed by atoms with van der Waals surface area (Å²) < 4.78 is 15.6. The number of carboxylic acid groups (broad SMARTS) is 1. The number of benzene rings is 4. The van der Waals surface area contributed by atoms with Crippen molar-refractivity contribution < 1.29 is 38.5 Å². The van der Waals surface area contributed by atoms with Gasteiger partial charge in [-0.2, -0.15) is 0 Å². The number of hydrogen-bond acceptors (Lipinski definition) is 7. The molecule has 52 heavy (non-hydrogen) atoms. The number of carbonyl (C=O) groups excluding carboxylic acids is 3. The Kier molecular flexibility index (Phi) is 13.0. The van der Waals surface area contributed by atoms with E-state index in [0.717, 1.165) is 39.1 Å². The summed E-state index contributed by atoms with van der Waals surface area (Å²) in [5.74, 6) is -1.28. The molecule has 0 aromatic heterocycles. The Morgan fingerprint density at radius 1 is 0.635 bits per heavy atom. The number of aryl methyl sites for hydroxylation is 2. The summed E-state index contributed by atoms with van der Waals surface area (Å²) >= 11 is 0. The van der Waals surface area contributed by atoms with Crippen LogP contribution in [0.5, 0.6) is 0 Å². The first-order chi connectivity index (χ1) is 25.1. The predicted molar refractivity (Wildman–Crippen MR) is 199 cm³/mol. The molecule has 272 valence electrons. The van der Waals surface area contributed by atoms with Crippen LogP contribution in [-0.2, 0) is 14.2 Å². The minimum Gasteiger partial charge on any atom is -0.478 e. The zero-order chi connectivity index (χ0) is 37.0. The molecule has 0 radical (unpaired) electrons. The monoisotopic (exact) mass is 708 g/mol. The van der Waals surface area contributed by atoms with Gasteiger partial charge in [-0.1, -0.05) is 36.4 Å². The van der Waals surface area contributed by atoms with Gasteiger partial charge < -0.3 is 39.8 Å². The third kappa shape index (κ3) is 9.95. The predicted octanol–water partition coefficient (Wildman–Crippen LogP) is 6.93. The summed E-state index contributed by atoms with van der Waals surface area (Å²) in [6, 6.07) is 25.3. The number of aromatic carboxylic acids is 1. The first-order valence-corrected chi connectivity index (χ1v) is 17.2. The van der Waals surface area contributed by atoms with Crippen molar-refractivity contribution in [3.63, 3.8) is 0 Å². The fourth-order valence-electron chi connectivity index (χ4n) is 5.75. The van der Waals surface area contributed by atoms with Crippen LogP contribution in [-0.4, -0.2) is 98.1 Å². The molecule has 0 saturated carbocycles. The number of carbonyl (C=O) groups is 4. The van der Waals surface area contributed by atoms with Crippen molar-refractivity contribution >= 4 is 35.4 Å². The number of amides is 4. The Bertz CT molecular complexity index is 1870. The lowest BCUT2D eigenvalue weighted by Gasteiger charge is -2.27. The molecule has 2 heterocycles. The number of rotatable bonds is 7. The summed E-state index contributed by atoms with van der Waals surface area (Å²) in [6.45, 7) is 10.7. The molecular formula is C40H44N4O8. The standard InChI is InChI=1S/C21H24N2O4.C19H20N2O4/c1-3-27-20(24)17-7-5-16(6-8-17)19-14-18(9-4-15(19)2)22-21(25)23-10-12-26-13-11-23;1-13-2-7-16(20-19(24)21-8-10-25-11-9-21)12-17(13)14-3-5-15(6-4-14)18(22)23/h4-9,14H,3,10-13H2,1-2H3,(H,22,25);2-7,12H,8-11H2,1H3,(H,20,24)(H,22,23). The molecule has 2 saturated heterocycles. The first kappa shape index (κ1) is 37.5. The molecule has 0 spiro atoms. The molecule has 6 rings (SSSR count). The third-order valence-corrected chi connectivity index (χ3v) is 8.72. The molecule has 3 N–H and O–H groups in total. The van der Waals surface area contributed by atoms with E-state index in [2.05, 4.69) is 10.6 Å². The van der Waals surface area contributed by atoms with Gasteiger partial charge in [-0.05, 0) is 103 Å². The number of morpholine rings is 2. The normalized spacial score (nSPS) is 14.1. The second-order valence-electron chi connectivity index (χ2n) is 12.3. The second kappa shape index (κ2) is 18.0. The average Bonchev–Trinajstić information content (AvgIpc) is 3.17. The number of nitrogens with one attached hydrogen (secondary N) is 2. The smallest absolute Gasteiger partial charge is 0.338 e. The van der Waals surface area contributed by atoms with Crippen molar-refractivity contribution in [2.75, 3.05) is 69.8 Å². The van der Waals surface area contributed by atoms with Crippen LogP contribution < -0.4 is 10.6 Å². The molecule has 2 aliphatic heterocycles. The maximum Gasteiger partial charge on any atom is 0.338 e. The van der Waals surface area contributed by atoms with Crippen molar-refractivity contribution in [1.82, 2.24) is 9.80 Å². The summed E-state index contributed by atoms with van der Waals surface area (Å²) in [5, 5.41) is 14.9. The number of urea groups is 2. The number of hydrogen-bond donors (Lipinski definition) is 3. The highest BCUT2D eigenvalue weighted by molar-refractivity contribution is 5.93. The molecule has 12 nitrogen and oxygen atoms in total. The van der Waals surface area contributed by atoms with Crippen LogP contribution in [0.3, 0.4) is 0 Å². The van der Waals surface area contributed by atoms with E-state index in [4.69, 9.17) is 19.3 Å². The molecule has 4 amide bonds. The second-order valence-corrected chi connectivity index (χ2v) is 12.3. The van der Waals surface area contributed by atoms with Gasteiger partial charge in [0.25, 0.3) is 0 Å². The maximum atomic E-state index is 12.4. The lowest BCUT2D eigenvalue weighted by atomic mass is 9.99. The number of nitrogens with zero attached hydrogens (tertiary/aromatic N) is 2. The van der Waals surface area contributed by atoms with Gasteiger partial charge in [0.2, 0.25) is 0 Å².